The molecule has 0 spiro atoms. The summed E-state index contributed by atoms with van der Waals surface area (Å²) >= 11 is 0. The fraction of sp³-hybridized carbons (Fsp3) is 0.429. The molecule has 8 nitrogen and oxygen atoms in total. The normalized spacial score (nSPS) is 18.5. The highest BCUT2D eigenvalue weighted by molar-refractivity contribution is 7.89. The van der Waals surface area contributed by atoms with Gasteiger partial charge in [0.25, 0.3) is 0 Å². The summed E-state index contributed by atoms with van der Waals surface area (Å²) < 4.78 is 26.2. The molecule has 1 aromatic carbocycles. The van der Waals surface area contributed by atoms with Gasteiger partial charge in [-0.2, -0.15) is 4.31 Å². The Morgan fingerprint density at radius 2 is 1.96 bits per heavy atom. The van der Waals surface area contributed by atoms with Crippen LogP contribution < -0.4 is 10.6 Å². The zero-order chi connectivity index (χ0) is 16.9. The number of carboxylic acid groups (broad SMARTS) is 1. The first-order chi connectivity index (χ1) is 10.9. The van der Waals surface area contributed by atoms with E-state index in [0.29, 0.717) is 13.0 Å². The summed E-state index contributed by atoms with van der Waals surface area (Å²) in [4.78, 5) is 22.2. The molecule has 1 atom stereocenters. The number of carbonyl (C=O) groups excluding carboxylic acids is 1. The predicted octanol–water partition coefficient (Wildman–Crippen LogP) is 0.224. The van der Waals surface area contributed by atoms with E-state index < -0.39 is 22.0 Å². The van der Waals surface area contributed by atoms with Crippen molar-refractivity contribution in [2.75, 3.05) is 19.6 Å². The molecular weight excluding hydrogens is 322 g/mol. The number of benzene rings is 1. The number of sulfonamides is 1. The first kappa shape index (κ1) is 17.2. The van der Waals surface area contributed by atoms with Crippen LogP contribution in [-0.4, -0.2) is 55.5 Å². The van der Waals surface area contributed by atoms with Gasteiger partial charge in [0, 0.05) is 25.7 Å². The zero-order valence-corrected chi connectivity index (χ0v) is 13.3. The Morgan fingerprint density at radius 1 is 1.26 bits per heavy atom. The van der Waals surface area contributed by atoms with E-state index in [2.05, 4.69) is 10.6 Å². The summed E-state index contributed by atoms with van der Waals surface area (Å²) in [7, 11) is -3.55. The van der Waals surface area contributed by atoms with Gasteiger partial charge in [-0.05, 0) is 18.6 Å². The van der Waals surface area contributed by atoms with E-state index in [9.17, 15) is 18.0 Å². The third-order valence-corrected chi connectivity index (χ3v) is 5.37. The number of carbonyl (C=O) groups is 2. The molecule has 0 aromatic heterocycles. The van der Waals surface area contributed by atoms with Gasteiger partial charge in [0.2, 0.25) is 10.0 Å². The Morgan fingerprint density at radius 3 is 2.61 bits per heavy atom. The van der Waals surface area contributed by atoms with Crippen LogP contribution >= 0.6 is 0 Å². The molecule has 9 heteroatoms. The Balaban J connectivity index is 1.86. The maximum Gasteiger partial charge on any atom is 0.315 e. The first-order valence-electron chi connectivity index (χ1n) is 7.21. The van der Waals surface area contributed by atoms with Crippen molar-refractivity contribution < 1.29 is 23.1 Å². The lowest BCUT2D eigenvalue weighted by molar-refractivity contribution is -0.136. The lowest BCUT2D eigenvalue weighted by Gasteiger charge is -2.17. The minimum absolute atomic E-state index is 0.0277. The second kappa shape index (κ2) is 7.42. The molecule has 1 fully saturated rings. The number of aliphatic carboxylic acids is 1. The molecule has 0 saturated carbocycles. The van der Waals surface area contributed by atoms with Gasteiger partial charge in [0.15, 0.2) is 0 Å². The standard InChI is InChI=1S/C14H19N3O5S/c18-13(19)6-8-15-14(20)16-11-7-9-17(10-11)23(21,22)12-4-2-1-3-5-12/h1-5,11H,6-10H2,(H,18,19)(H2,15,16,20)/t11-/m0/s1. The highest BCUT2D eigenvalue weighted by Crippen LogP contribution is 2.20. The number of hydrogen-bond donors (Lipinski definition) is 3. The highest BCUT2D eigenvalue weighted by atomic mass is 32.2. The van der Waals surface area contributed by atoms with Gasteiger partial charge < -0.3 is 15.7 Å². The van der Waals surface area contributed by atoms with Crippen molar-refractivity contribution >= 4 is 22.0 Å². The van der Waals surface area contributed by atoms with Crippen LogP contribution in [0.25, 0.3) is 0 Å². The fourth-order valence-electron chi connectivity index (χ4n) is 2.33. The van der Waals surface area contributed by atoms with Gasteiger partial charge in [-0.25, -0.2) is 13.2 Å². The van der Waals surface area contributed by atoms with Crippen LogP contribution in [-0.2, 0) is 14.8 Å². The van der Waals surface area contributed by atoms with E-state index in [1.807, 2.05) is 0 Å². The number of rotatable bonds is 6. The number of nitrogens with one attached hydrogen (secondary N) is 2. The molecule has 0 bridgehead atoms. The molecule has 2 amide bonds. The Labute approximate surface area is 134 Å². The van der Waals surface area contributed by atoms with E-state index in [1.165, 1.54) is 16.4 Å². The summed E-state index contributed by atoms with van der Waals surface area (Å²) in [6, 6.07) is 7.36. The van der Waals surface area contributed by atoms with Gasteiger partial charge in [-0.3, -0.25) is 4.79 Å². The van der Waals surface area contributed by atoms with E-state index in [4.69, 9.17) is 5.11 Å². The molecule has 3 N–H and O–H groups in total. The van der Waals surface area contributed by atoms with Crippen LogP contribution in [0.2, 0.25) is 0 Å². The number of nitrogens with zero attached hydrogens (tertiary/aromatic N) is 1. The largest absolute Gasteiger partial charge is 0.481 e. The Kier molecular flexibility index (Phi) is 5.56. The van der Waals surface area contributed by atoms with Crippen LogP contribution in [0.4, 0.5) is 4.79 Å². The van der Waals surface area contributed by atoms with Gasteiger partial charge in [-0.1, -0.05) is 18.2 Å². The summed E-state index contributed by atoms with van der Waals surface area (Å²) in [5.74, 6) is -0.994. The maximum absolute atomic E-state index is 12.4. The minimum atomic E-state index is -3.55. The summed E-state index contributed by atoms with van der Waals surface area (Å²) in [6.45, 7) is 0.556. The molecule has 1 saturated heterocycles. The van der Waals surface area contributed by atoms with E-state index in [-0.39, 0.29) is 30.4 Å². The van der Waals surface area contributed by atoms with Gasteiger partial charge in [0.1, 0.15) is 0 Å². The monoisotopic (exact) mass is 341 g/mol. The van der Waals surface area contributed by atoms with Gasteiger partial charge >= 0.3 is 12.0 Å². The molecule has 23 heavy (non-hydrogen) atoms. The molecule has 1 aromatic rings. The van der Waals surface area contributed by atoms with Crippen LogP contribution in [0, 0.1) is 0 Å². The summed E-state index contributed by atoms with van der Waals surface area (Å²) in [6.07, 6.45) is 0.352. The SMILES string of the molecule is O=C(O)CCNC(=O)N[C@H]1CCN(S(=O)(=O)c2ccccc2)C1. The van der Waals surface area contributed by atoms with Crippen molar-refractivity contribution in [2.24, 2.45) is 0 Å². The van der Waals surface area contributed by atoms with E-state index in [0.717, 1.165) is 0 Å². The number of amides is 2. The number of urea groups is 1. The van der Waals surface area contributed by atoms with Crippen LogP contribution in [0.15, 0.2) is 35.2 Å². The zero-order valence-electron chi connectivity index (χ0n) is 12.4. The topological polar surface area (TPSA) is 116 Å². The predicted molar refractivity (Wildman–Crippen MR) is 82.4 cm³/mol. The number of carboxylic acids is 1. The molecule has 126 valence electrons. The van der Waals surface area contributed by atoms with Crippen LogP contribution in [0.1, 0.15) is 12.8 Å². The van der Waals surface area contributed by atoms with Crippen LogP contribution in [0.5, 0.6) is 0 Å². The molecule has 0 radical (unpaired) electrons. The first-order valence-corrected chi connectivity index (χ1v) is 8.65. The van der Waals surface area contributed by atoms with E-state index >= 15 is 0 Å². The van der Waals surface area contributed by atoms with Crippen molar-refractivity contribution in [3.05, 3.63) is 30.3 Å². The second-order valence-corrected chi connectivity index (χ2v) is 7.14. The molecule has 2 rings (SSSR count). The Hall–Kier alpha value is -2.13. The maximum atomic E-state index is 12.4. The lowest BCUT2D eigenvalue weighted by atomic mass is 10.3. The quantitative estimate of drug-likeness (QED) is 0.685. The molecule has 1 aliphatic heterocycles. The van der Waals surface area contributed by atoms with Crippen molar-refractivity contribution in [3.8, 4) is 0 Å². The third kappa shape index (κ3) is 4.67. The van der Waals surface area contributed by atoms with Crippen LogP contribution in [0.3, 0.4) is 0 Å². The van der Waals surface area contributed by atoms with Crippen molar-refractivity contribution in [1.29, 1.82) is 0 Å². The molecule has 0 unspecified atom stereocenters. The summed E-state index contributed by atoms with van der Waals surface area (Å²) in [5.41, 5.74) is 0. The lowest BCUT2D eigenvalue weighted by Crippen LogP contribution is -2.44. The van der Waals surface area contributed by atoms with E-state index in [1.54, 1.807) is 18.2 Å². The van der Waals surface area contributed by atoms with Crippen molar-refractivity contribution in [3.63, 3.8) is 0 Å². The smallest absolute Gasteiger partial charge is 0.315 e. The fourth-order valence-corrected chi connectivity index (χ4v) is 3.85. The molecular formula is C14H19N3O5S. The highest BCUT2D eigenvalue weighted by Gasteiger charge is 2.33. The molecule has 1 aliphatic rings. The second-order valence-electron chi connectivity index (χ2n) is 5.21. The van der Waals surface area contributed by atoms with Gasteiger partial charge in [0.05, 0.1) is 11.3 Å². The number of hydrogen-bond acceptors (Lipinski definition) is 4. The molecule has 0 aliphatic carbocycles. The summed E-state index contributed by atoms with van der Waals surface area (Å²) in [5, 5.41) is 13.6. The average molecular weight is 341 g/mol. The van der Waals surface area contributed by atoms with Crippen molar-refractivity contribution in [1.82, 2.24) is 14.9 Å². The van der Waals surface area contributed by atoms with Gasteiger partial charge in [-0.15, -0.1) is 0 Å². The minimum Gasteiger partial charge on any atom is -0.481 e. The average Bonchev–Trinajstić information content (AvgIpc) is 2.97. The van der Waals surface area contributed by atoms with Crippen molar-refractivity contribution in [2.45, 2.75) is 23.8 Å². The third-order valence-electron chi connectivity index (χ3n) is 3.49. The Bertz CT molecular complexity index is 662. The molecule has 1 heterocycles.